The van der Waals surface area contributed by atoms with Gasteiger partial charge in [0.1, 0.15) is 5.75 Å². The van der Waals surface area contributed by atoms with Gasteiger partial charge in [0.2, 0.25) is 0 Å². The van der Waals surface area contributed by atoms with Crippen LogP contribution in [0.25, 0.3) is 0 Å². The Morgan fingerprint density at radius 3 is 2.23 bits per heavy atom. The highest BCUT2D eigenvalue weighted by molar-refractivity contribution is 7.92. The van der Waals surface area contributed by atoms with Crippen molar-refractivity contribution in [2.24, 2.45) is 0 Å². The van der Waals surface area contributed by atoms with Crippen molar-refractivity contribution in [2.45, 2.75) is 24.8 Å². The topological polar surface area (TPSA) is 84.5 Å². The normalized spacial score (nSPS) is 12.1. The van der Waals surface area contributed by atoms with E-state index in [1.54, 1.807) is 19.2 Å². The molecule has 0 aliphatic carbocycles. The SMILES string of the molecule is COc1ccccc1C(C)NC(=O)c1ccc(S(=O)(=O)Nc2ccccc2C)cc1. The number of hydrogen-bond acceptors (Lipinski definition) is 4. The highest BCUT2D eigenvalue weighted by Gasteiger charge is 2.18. The Hall–Kier alpha value is -3.32. The summed E-state index contributed by atoms with van der Waals surface area (Å²) >= 11 is 0. The Morgan fingerprint density at radius 1 is 0.933 bits per heavy atom. The average Bonchev–Trinajstić information content (AvgIpc) is 2.75. The van der Waals surface area contributed by atoms with Crippen LogP contribution in [0, 0.1) is 6.92 Å². The van der Waals surface area contributed by atoms with Gasteiger partial charge in [0.25, 0.3) is 15.9 Å². The van der Waals surface area contributed by atoms with E-state index in [0.29, 0.717) is 17.0 Å². The van der Waals surface area contributed by atoms with Crippen LogP contribution in [0.1, 0.15) is 34.5 Å². The van der Waals surface area contributed by atoms with Gasteiger partial charge in [-0.25, -0.2) is 8.42 Å². The molecule has 0 saturated heterocycles. The van der Waals surface area contributed by atoms with E-state index in [9.17, 15) is 13.2 Å². The van der Waals surface area contributed by atoms with E-state index in [4.69, 9.17) is 4.74 Å². The number of para-hydroxylation sites is 2. The number of sulfonamides is 1. The van der Waals surface area contributed by atoms with Gasteiger partial charge in [-0.05, 0) is 55.8 Å². The first-order valence-electron chi connectivity index (χ1n) is 9.44. The molecule has 1 unspecified atom stereocenters. The molecular formula is C23H24N2O4S. The predicted octanol–water partition coefficient (Wildman–Crippen LogP) is 4.30. The quantitative estimate of drug-likeness (QED) is 0.592. The van der Waals surface area contributed by atoms with Crippen LogP contribution in [0.5, 0.6) is 5.75 Å². The summed E-state index contributed by atoms with van der Waals surface area (Å²) in [7, 11) is -2.17. The van der Waals surface area contributed by atoms with Crippen molar-refractivity contribution >= 4 is 21.6 Å². The number of carbonyl (C=O) groups excluding carboxylic acids is 1. The average molecular weight is 425 g/mol. The maximum Gasteiger partial charge on any atom is 0.261 e. The third-order valence-corrected chi connectivity index (χ3v) is 6.15. The van der Waals surface area contributed by atoms with E-state index in [2.05, 4.69) is 10.0 Å². The van der Waals surface area contributed by atoms with Crippen LogP contribution in [0.4, 0.5) is 5.69 Å². The number of benzene rings is 3. The van der Waals surface area contributed by atoms with Crippen molar-refractivity contribution in [1.82, 2.24) is 5.32 Å². The number of ether oxygens (including phenoxy) is 1. The number of hydrogen-bond donors (Lipinski definition) is 2. The summed E-state index contributed by atoms with van der Waals surface area (Å²) in [5.41, 5.74) is 2.56. The molecule has 156 valence electrons. The van der Waals surface area contributed by atoms with Gasteiger partial charge < -0.3 is 10.1 Å². The number of carbonyl (C=O) groups is 1. The first-order chi connectivity index (χ1) is 14.3. The first-order valence-corrected chi connectivity index (χ1v) is 10.9. The Labute approximate surface area is 177 Å². The zero-order chi connectivity index (χ0) is 21.7. The molecule has 1 amide bonds. The number of anilines is 1. The second-order valence-electron chi connectivity index (χ2n) is 6.88. The molecule has 0 aliphatic heterocycles. The van der Waals surface area contributed by atoms with Gasteiger partial charge in [0.15, 0.2) is 0 Å². The van der Waals surface area contributed by atoms with Gasteiger partial charge in [0, 0.05) is 11.1 Å². The standard InChI is InChI=1S/C23H24N2O4S/c1-16-8-4-6-10-21(16)25-30(27,28)19-14-12-18(13-15-19)23(26)24-17(2)20-9-5-7-11-22(20)29-3/h4-15,17,25H,1-3H3,(H,24,26). The third-order valence-electron chi connectivity index (χ3n) is 4.77. The summed E-state index contributed by atoms with van der Waals surface area (Å²) < 4.78 is 33.2. The minimum Gasteiger partial charge on any atom is -0.496 e. The number of amides is 1. The minimum absolute atomic E-state index is 0.0834. The lowest BCUT2D eigenvalue weighted by molar-refractivity contribution is 0.0939. The van der Waals surface area contributed by atoms with Crippen molar-refractivity contribution in [3.63, 3.8) is 0 Å². The summed E-state index contributed by atoms with van der Waals surface area (Å²) in [5.74, 6) is 0.387. The summed E-state index contributed by atoms with van der Waals surface area (Å²) in [4.78, 5) is 12.7. The molecule has 3 rings (SSSR count). The molecular weight excluding hydrogens is 400 g/mol. The molecule has 3 aromatic rings. The number of nitrogens with one attached hydrogen (secondary N) is 2. The molecule has 6 nitrogen and oxygen atoms in total. The second kappa shape index (κ2) is 9.00. The molecule has 30 heavy (non-hydrogen) atoms. The highest BCUT2D eigenvalue weighted by Crippen LogP contribution is 2.25. The molecule has 0 spiro atoms. The lowest BCUT2D eigenvalue weighted by Crippen LogP contribution is -2.27. The molecule has 0 radical (unpaired) electrons. The van der Waals surface area contributed by atoms with E-state index in [1.165, 1.54) is 24.3 Å². The van der Waals surface area contributed by atoms with Crippen LogP contribution in [0.3, 0.4) is 0 Å². The van der Waals surface area contributed by atoms with Gasteiger partial charge in [-0.3, -0.25) is 9.52 Å². The largest absolute Gasteiger partial charge is 0.496 e. The van der Waals surface area contributed by atoms with E-state index >= 15 is 0 Å². The van der Waals surface area contributed by atoms with Gasteiger partial charge in [-0.1, -0.05) is 36.4 Å². The fraction of sp³-hybridized carbons (Fsp3) is 0.174. The summed E-state index contributed by atoms with van der Waals surface area (Å²) in [6.07, 6.45) is 0. The molecule has 2 N–H and O–H groups in total. The van der Waals surface area contributed by atoms with E-state index in [-0.39, 0.29) is 16.8 Å². The third kappa shape index (κ3) is 4.80. The molecule has 0 aliphatic rings. The van der Waals surface area contributed by atoms with E-state index < -0.39 is 10.0 Å². The Kier molecular flexibility index (Phi) is 6.42. The van der Waals surface area contributed by atoms with Crippen LogP contribution in [-0.4, -0.2) is 21.4 Å². The molecule has 0 fully saturated rings. The fourth-order valence-electron chi connectivity index (χ4n) is 3.06. The minimum atomic E-state index is -3.75. The highest BCUT2D eigenvalue weighted by atomic mass is 32.2. The number of aryl methyl sites for hydroxylation is 1. The lowest BCUT2D eigenvalue weighted by Gasteiger charge is -2.17. The fourth-order valence-corrected chi connectivity index (χ4v) is 4.19. The predicted molar refractivity (Wildman–Crippen MR) is 117 cm³/mol. The monoisotopic (exact) mass is 424 g/mol. The van der Waals surface area contributed by atoms with Crippen molar-refractivity contribution in [1.29, 1.82) is 0 Å². The smallest absolute Gasteiger partial charge is 0.261 e. The van der Waals surface area contributed by atoms with Gasteiger partial charge in [0.05, 0.1) is 23.7 Å². The van der Waals surface area contributed by atoms with Crippen LogP contribution < -0.4 is 14.8 Å². The van der Waals surface area contributed by atoms with Gasteiger partial charge in [-0.2, -0.15) is 0 Å². The zero-order valence-electron chi connectivity index (χ0n) is 17.0. The van der Waals surface area contributed by atoms with Crippen LogP contribution in [-0.2, 0) is 10.0 Å². The molecule has 0 saturated carbocycles. The first kappa shape index (κ1) is 21.4. The van der Waals surface area contributed by atoms with Gasteiger partial charge in [-0.15, -0.1) is 0 Å². The summed E-state index contributed by atoms with van der Waals surface area (Å²) in [5, 5.41) is 2.91. The molecule has 0 aromatic heterocycles. The molecule has 3 aromatic carbocycles. The van der Waals surface area contributed by atoms with Gasteiger partial charge >= 0.3 is 0 Å². The maximum atomic E-state index is 12.6. The Balaban J connectivity index is 1.73. The Morgan fingerprint density at radius 2 is 1.57 bits per heavy atom. The maximum absolute atomic E-state index is 12.6. The molecule has 0 bridgehead atoms. The van der Waals surface area contributed by atoms with E-state index in [0.717, 1.165) is 11.1 Å². The molecule has 7 heteroatoms. The van der Waals surface area contributed by atoms with Crippen molar-refractivity contribution in [3.05, 3.63) is 89.5 Å². The van der Waals surface area contributed by atoms with Crippen LogP contribution >= 0.6 is 0 Å². The summed E-state index contributed by atoms with van der Waals surface area (Å²) in [6, 6.07) is 20.1. The number of rotatable bonds is 7. The van der Waals surface area contributed by atoms with Crippen molar-refractivity contribution in [2.75, 3.05) is 11.8 Å². The van der Waals surface area contributed by atoms with Crippen LogP contribution in [0.2, 0.25) is 0 Å². The van der Waals surface area contributed by atoms with Crippen molar-refractivity contribution < 1.29 is 17.9 Å². The second-order valence-corrected chi connectivity index (χ2v) is 8.56. The van der Waals surface area contributed by atoms with E-state index in [1.807, 2.05) is 50.2 Å². The van der Waals surface area contributed by atoms with Crippen LogP contribution in [0.15, 0.2) is 77.7 Å². The Bertz CT molecular complexity index is 1140. The zero-order valence-corrected chi connectivity index (χ0v) is 17.9. The molecule has 0 heterocycles. The van der Waals surface area contributed by atoms with Crippen molar-refractivity contribution in [3.8, 4) is 5.75 Å². The molecule has 1 atom stereocenters. The summed E-state index contributed by atoms with van der Waals surface area (Å²) in [6.45, 7) is 3.69. The lowest BCUT2D eigenvalue weighted by atomic mass is 10.1. The number of methoxy groups -OCH3 is 1.